The highest BCUT2D eigenvalue weighted by Crippen LogP contribution is 2.30. The SMILES string of the molecule is Nc1ccc(O)c2c(=O)c12. The summed E-state index contributed by atoms with van der Waals surface area (Å²) in [5, 5.41) is 9.86. The number of fused-ring (bicyclic) bond motifs is 1. The monoisotopic (exact) mass is 135 g/mol. The lowest BCUT2D eigenvalue weighted by molar-refractivity contribution is 0.482. The van der Waals surface area contributed by atoms with Gasteiger partial charge in [0.05, 0.1) is 10.8 Å². The van der Waals surface area contributed by atoms with Gasteiger partial charge in [-0.15, -0.1) is 0 Å². The molecule has 0 aliphatic carbocycles. The van der Waals surface area contributed by atoms with Gasteiger partial charge in [-0.25, -0.2) is 0 Å². The molecule has 3 N–H and O–H groups in total. The summed E-state index contributed by atoms with van der Waals surface area (Å²) in [5.74, 6) is 0.0363. The highest BCUT2D eigenvalue weighted by Gasteiger charge is 2.18. The van der Waals surface area contributed by atoms with Crippen molar-refractivity contribution in [3.8, 4) is 5.75 Å². The predicted molar refractivity (Wildman–Crippen MR) is 38.7 cm³/mol. The van der Waals surface area contributed by atoms with E-state index in [0.29, 0.717) is 16.5 Å². The zero-order valence-corrected chi connectivity index (χ0v) is 5.09. The molecule has 2 aromatic rings. The van der Waals surface area contributed by atoms with E-state index in [-0.39, 0.29) is 11.2 Å². The third-order valence-electron chi connectivity index (χ3n) is 1.61. The Hall–Kier alpha value is -1.51. The Balaban J connectivity index is 2.95. The van der Waals surface area contributed by atoms with E-state index in [1.54, 1.807) is 0 Å². The molecule has 0 aliphatic rings. The standard InChI is InChI=1S/C7H5NO2/c8-3-1-2-4(9)6-5(3)7(6)10/h1-2,9H,8H2. The van der Waals surface area contributed by atoms with Crippen LogP contribution in [0.15, 0.2) is 16.9 Å². The van der Waals surface area contributed by atoms with Gasteiger partial charge in [0.25, 0.3) is 0 Å². The van der Waals surface area contributed by atoms with Gasteiger partial charge in [0.15, 0.2) is 0 Å². The molecule has 10 heavy (non-hydrogen) atoms. The minimum Gasteiger partial charge on any atom is -0.507 e. The molecule has 0 unspecified atom stereocenters. The summed E-state index contributed by atoms with van der Waals surface area (Å²) >= 11 is 0. The third kappa shape index (κ3) is 0.424. The van der Waals surface area contributed by atoms with Crippen LogP contribution in [0.3, 0.4) is 0 Å². The van der Waals surface area contributed by atoms with Gasteiger partial charge in [-0.1, -0.05) is 0 Å². The fourth-order valence-corrected chi connectivity index (χ4v) is 1.03. The van der Waals surface area contributed by atoms with Crippen molar-refractivity contribution < 1.29 is 5.11 Å². The van der Waals surface area contributed by atoms with Gasteiger partial charge >= 0.3 is 0 Å². The van der Waals surface area contributed by atoms with Gasteiger partial charge in [-0.3, -0.25) is 4.79 Å². The second-order valence-electron chi connectivity index (χ2n) is 2.25. The van der Waals surface area contributed by atoms with Crippen molar-refractivity contribution in [2.24, 2.45) is 0 Å². The number of benzene rings is 1. The van der Waals surface area contributed by atoms with E-state index >= 15 is 0 Å². The van der Waals surface area contributed by atoms with Crippen LogP contribution in [0.4, 0.5) is 5.69 Å². The van der Waals surface area contributed by atoms with Gasteiger partial charge in [-0.2, -0.15) is 0 Å². The average Bonchev–Trinajstić information content (AvgIpc) is 2.55. The minimum atomic E-state index is -0.125. The fourth-order valence-electron chi connectivity index (χ4n) is 1.03. The first-order valence-corrected chi connectivity index (χ1v) is 2.88. The fraction of sp³-hybridized carbons (Fsp3) is 0. The Morgan fingerprint density at radius 1 is 1.30 bits per heavy atom. The molecule has 0 bridgehead atoms. The molecule has 0 amide bonds. The number of aromatic hydroxyl groups is 1. The maximum atomic E-state index is 10.7. The van der Waals surface area contributed by atoms with Crippen LogP contribution in [0.25, 0.3) is 10.8 Å². The van der Waals surface area contributed by atoms with E-state index in [9.17, 15) is 4.79 Å². The summed E-state index contributed by atoms with van der Waals surface area (Å²) in [6, 6.07) is 2.96. The highest BCUT2D eigenvalue weighted by atomic mass is 16.3. The Kier molecular flexibility index (Phi) is 0.695. The topological polar surface area (TPSA) is 63.3 Å². The molecule has 2 rings (SSSR count). The number of phenols is 1. The van der Waals surface area contributed by atoms with Gasteiger partial charge in [0, 0.05) is 5.69 Å². The van der Waals surface area contributed by atoms with Crippen molar-refractivity contribution in [1.82, 2.24) is 0 Å². The van der Waals surface area contributed by atoms with Crippen molar-refractivity contribution in [3.63, 3.8) is 0 Å². The van der Waals surface area contributed by atoms with Crippen LogP contribution < -0.4 is 11.2 Å². The molecule has 0 fully saturated rings. The minimum absolute atomic E-state index is 0.0363. The van der Waals surface area contributed by atoms with Crippen LogP contribution in [0.1, 0.15) is 0 Å². The van der Waals surface area contributed by atoms with Crippen LogP contribution >= 0.6 is 0 Å². The molecular weight excluding hydrogens is 130 g/mol. The molecule has 50 valence electrons. The molecule has 2 aromatic carbocycles. The van der Waals surface area contributed by atoms with Gasteiger partial charge in [0.1, 0.15) is 5.75 Å². The number of rotatable bonds is 0. The van der Waals surface area contributed by atoms with Crippen molar-refractivity contribution in [2.75, 3.05) is 5.73 Å². The van der Waals surface area contributed by atoms with E-state index in [1.807, 2.05) is 0 Å². The zero-order chi connectivity index (χ0) is 7.30. The molecule has 0 saturated heterocycles. The average molecular weight is 135 g/mol. The van der Waals surface area contributed by atoms with Gasteiger partial charge < -0.3 is 10.8 Å². The van der Waals surface area contributed by atoms with Crippen LogP contribution in [0.2, 0.25) is 0 Å². The summed E-state index contributed by atoms with van der Waals surface area (Å²) in [6.07, 6.45) is 0. The Bertz CT molecular complexity index is 373. The number of phenolic OH excluding ortho intramolecular Hbond substituents is 1. The van der Waals surface area contributed by atoms with Crippen molar-refractivity contribution >= 4 is 16.5 Å². The molecule has 0 spiro atoms. The van der Waals surface area contributed by atoms with E-state index in [2.05, 4.69) is 0 Å². The summed E-state index contributed by atoms with van der Waals surface area (Å²) in [6.45, 7) is 0. The Morgan fingerprint density at radius 3 is 2.60 bits per heavy atom. The Labute approximate surface area is 56.4 Å². The number of hydrogen-bond acceptors (Lipinski definition) is 3. The third-order valence-corrected chi connectivity index (χ3v) is 1.61. The predicted octanol–water partition coefficient (Wildman–Crippen LogP) is 0.363. The lowest BCUT2D eigenvalue weighted by Crippen LogP contribution is -1.81. The molecule has 0 radical (unpaired) electrons. The largest absolute Gasteiger partial charge is 0.507 e. The van der Waals surface area contributed by atoms with E-state index in [1.165, 1.54) is 12.1 Å². The highest BCUT2D eigenvalue weighted by molar-refractivity contribution is 6.09. The van der Waals surface area contributed by atoms with Crippen LogP contribution in [-0.2, 0) is 0 Å². The van der Waals surface area contributed by atoms with Crippen LogP contribution in [0.5, 0.6) is 5.75 Å². The molecule has 0 heterocycles. The lowest BCUT2D eigenvalue weighted by Gasteiger charge is -1.87. The molecule has 0 atom stereocenters. The summed E-state index contributed by atoms with van der Waals surface area (Å²) in [5.41, 5.74) is 5.73. The second kappa shape index (κ2) is 1.31. The summed E-state index contributed by atoms with van der Waals surface area (Å²) in [7, 11) is 0. The smallest absolute Gasteiger partial charge is 0.200 e. The number of nitrogens with two attached hydrogens (primary N) is 1. The maximum absolute atomic E-state index is 10.7. The van der Waals surface area contributed by atoms with Gasteiger partial charge in [0.2, 0.25) is 5.43 Å². The number of hydrogen-bond donors (Lipinski definition) is 2. The van der Waals surface area contributed by atoms with Crippen molar-refractivity contribution in [1.29, 1.82) is 0 Å². The summed E-state index contributed by atoms with van der Waals surface area (Å²) < 4.78 is 0. The number of anilines is 1. The van der Waals surface area contributed by atoms with Crippen molar-refractivity contribution in [2.45, 2.75) is 0 Å². The van der Waals surface area contributed by atoms with E-state index in [4.69, 9.17) is 10.8 Å². The molecule has 0 saturated carbocycles. The lowest BCUT2D eigenvalue weighted by atomic mass is 10.3. The van der Waals surface area contributed by atoms with E-state index in [0.717, 1.165) is 0 Å². The van der Waals surface area contributed by atoms with Crippen molar-refractivity contribution in [3.05, 3.63) is 22.4 Å². The van der Waals surface area contributed by atoms with Crippen LogP contribution in [-0.4, -0.2) is 5.11 Å². The Morgan fingerprint density at radius 2 is 2.00 bits per heavy atom. The molecule has 0 aliphatic heterocycles. The molecule has 3 heteroatoms. The maximum Gasteiger partial charge on any atom is 0.200 e. The number of nitrogen functional groups attached to an aromatic ring is 1. The van der Waals surface area contributed by atoms with E-state index < -0.39 is 0 Å². The second-order valence-corrected chi connectivity index (χ2v) is 2.25. The normalized spacial score (nSPS) is 11.2. The first-order chi connectivity index (χ1) is 4.72. The quantitative estimate of drug-likeness (QED) is 0.405. The first-order valence-electron chi connectivity index (χ1n) is 2.88. The summed E-state index contributed by atoms with van der Waals surface area (Å²) in [4.78, 5) is 10.7. The molecule has 0 aromatic heterocycles. The first kappa shape index (κ1) is 5.29. The zero-order valence-electron chi connectivity index (χ0n) is 5.09. The molecular formula is C7H5NO2. The van der Waals surface area contributed by atoms with Crippen LogP contribution in [0, 0.1) is 0 Å². The van der Waals surface area contributed by atoms with Gasteiger partial charge in [-0.05, 0) is 12.1 Å². The molecule has 3 nitrogen and oxygen atoms in total.